The summed E-state index contributed by atoms with van der Waals surface area (Å²) in [6, 6.07) is 18.7. The van der Waals surface area contributed by atoms with E-state index in [0.717, 1.165) is 44.5 Å². The largest absolute Gasteiger partial charge is 0.358 e. The van der Waals surface area contributed by atoms with Gasteiger partial charge in [-0.25, -0.2) is 0 Å². The Morgan fingerprint density at radius 2 is 1.45 bits per heavy atom. The van der Waals surface area contributed by atoms with Crippen LogP contribution in [0.25, 0.3) is 0 Å². The normalized spacial score (nSPS) is 17.5. The van der Waals surface area contributed by atoms with Crippen molar-refractivity contribution >= 4 is 17.5 Å². The van der Waals surface area contributed by atoms with Crippen molar-refractivity contribution in [2.75, 3.05) is 37.6 Å². The third kappa shape index (κ3) is 6.37. The molecule has 0 unspecified atom stereocenters. The van der Waals surface area contributed by atoms with E-state index in [1.165, 1.54) is 24.0 Å². The Labute approximate surface area is 198 Å². The molecule has 2 aliphatic rings. The summed E-state index contributed by atoms with van der Waals surface area (Å²) < 4.78 is 0. The first-order chi connectivity index (χ1) is 16.1. The van der Waals surface area contributed by atoms with E-state index < -0.39 is 0 Å². The molecule has 0 radical (unpaired) electrons. The lowest BCUT2D eigenvalue weighted by molar-refractivity contribution is -0.140. The molecule has 0 bridgehead atoms. The molecule has 0 atom stereocenters. The standard InChI is InChI=1S/C28H37N3O2/c1-23-11-13-26(14-12-23)31(21-24-9-5-4-6-10-24)22-27(32)29-19-15-25(16-20-29)28(33)30-17-7-2-3-8-18-30/h4-6,9-14,25H,2-3,7-8,15-22H2,1H3. The van der Waals surface area contributed by atoms with Crippen molar-refractivity contribution in [3.05, 3.63) is 65.7 Å². The van der Waals surface area contributed by atoms with Crippen LogP contribution in [0.3, 0.4) is 0 Å². The Balaban J connectivity index is 1.36. The molecule has 2 heterocycles. The molecule has 0 spiro atoms. The van der Waals surface area contributed by atoms with E-state index in [-0.39, 0.29) is 11.8 Å². The Morgan fingerprint density at radius 3 is 2.09 bits per heavy atom. The number of benzene rings is 2. The lowest BCUT2D eigenvalue weighted by Gasteiger charge is -2.35. The molecule has 0 saturated carbocycles. The third-order valence-electron chi connectivity index (χ3n) is 7.06. The first-order valence-corrected chi connectivity index (χ1v) is 12.5. The molecule has 5 nitrogen and oxygen atoms in total. The minimum atomic E-state index is 0.0738. The maximum atomic E-state index is 13.3. The van der Waals surface area contributed by atoms with Crippen LogP contribution in [-0.4, -0.2) is 54.3 Å². The smallest absolute Gasteiger partial charge is 0.242 e. The number of hydrogen-bond donors (Lipinski definition) is 0. The van der Waals surface area contributed by atoms with Crippen LogP contribution in [0.15, 0.2) is 54.6 Å². The van der Waals surface area contributed by atoms with Crippen LogP contribution in [0, 0.1) is 12.8 Å². The van der Waals surface area contributed by atoms with Crippen LogP contribution < -0.4 is 4.90 Å². The molecular weight excluding hydrogens is 410 g/mol. The van der Waals surface area contributed by atoms with Gasteiger partial charge in [0, 0.05) is 44.3 Å². The fourth-order valence-corrected chi connectivity index (χ4v) is 4.99. The van der Waals surface area contributed by atoms with Gasteiger partial charge in [0.1, 0.15) is 0 Å². The quantitative estimate of drug-likeness (QED) is 0.648. The topological polar surface area (TPSA) is 43.9 Å². The number of nitrogens with zero attached hydrogens (tertiary/aromatic N) is 3. The summed E-state index contributed by atoms with van der Waals surface area (Å²) in [4.78, 5) is 32.4. The molecular formula is C28H37N3O2. The summed E-state index contributed by atoms with van der Waals surface area (Å²) in [5.41, 5.74) is 3.46. The van der Waals surface area contributed by atoms with Crippen molar-refractivity contribution in [1.82, 2.24) is 9.80 Å². The number of carbonyl (C=O) groups excluding carboxylic acids is 2. The van der Waals surface area contributed by atoms with Gasteiger partial charge in [-0.3, -0.25) is 9.59 Å². The maximum Gasteiger partial charge on any atom is 0.242 e. The van der Waals surface area contributed by atoms with E-state index in [9.17, 15) is 9.59 Å². The number of hydrogen-bond acceptors (Lipinski definition) is 3. The molecule has 33 heavy (non-hydrogen) atoms. The van der Waals surface area contributed by atoms with Gasteiger partial charge < -0.3 is 14.7 Å². The summed E-state index contributed by atoms with van der Waals surface area (Å²) in [5, 5.41) is 0. The fraction of sp³-hybridized carbons (Fsp3) is 0.500. The zero-order valence-corrected chi connectivity index (χ0v) is 19.9. The molecule has 2 saturated heterocycles. The third-order valence-corrected chi connectivity index (χ3v) is 7.06. The Kier molecular flexibility index (Phi) is 8.03. The van der Waals surface area contributed by atoms with Gasteiger partial charge in [0.15, 0.2) is 0 Å². The van der Waals surface area contributed by atoms with Gasteiger partial charge in [0.25, 0.3) is 0 Å². The number of piperidine rings is 1. The van der Waals surface area contributed by atoms with E-state index >= 15 is 0 Å². The molecule has 0 N–H and O–H groups in total. The van der Waals surface area contributed by atoms with E-state index in [1.54, 1.807) is 0 Å². The highest BCUT2D eigenvalue weighted by atomic mass is 16.2. The number of carbonyl (C=O) groups is 2. The van der Waals surface area contributed by atoms with Crippen LogP contribution in [0.1, 0.15) is 49.7 Å². The van der Waals surface area contributed by atoms with Gasteiger partial charge in [-0.15, -0.1) is 0 Å². The predicted molar refractivity (Wildman–Crippen MR) is 133 cm³/mol. The van der Waals surface area contributed by atoms with Crippen molar-refractivity contribution in [2.45, 2.75) is 52.0 Å². The average Bonchev–Trinajstić information content (AvgIpc) is 3.14. The number of anilines is 1. The minimum Gasteiger partial charge on any atom is -0.358 e. The summed E-state index contributed by atoms with van der Waals surface area (Å²) in [5.74, 6) is 0.534. The molecule has 2 aromatic carbocycles. The van der Waals surface area contributed by atoms with Crippen molar-refractivity contribution in [2.24, 2.45) is 5.92 Å². The molecule has 2 fully saturated rings. The zero-order valence-electron chi connectivity index (χ0n) is 19.9. The minimum absolute atomic E-state index is 0.0738. The molecule has 0 aliphatic carbocycles. The summed E-state index contributed by atoms with van der Waals surface area (Å²) in [6.07, 6.45) is 6.28. The lowest BCUT2D eigenvalue weighted by Crippen LogP contribution is -2.47. The van der Waals surface area contributed by atoms with Crippen LogP contribution in [0.4, 0.5) is 5.69 Å². The summed E-state index contributed by atoms with van der Waals surface area (Å²) in [7, 11) is 0. The second kappa shape index (κ2) is 11.4. The van der Waals surface area contributed by atoms with Gasteiger partial charge in [0.2, 0.25) is 11.8 Å². The molecule has 2 aliphatic heterocycles. The van der Waals surface area contributed by atoms with Crippen LogP contribution >= 0.6 is 0 Å². The first kappa shape index (κ1) is 23.3. The van der Waals surface area contributed by atoms with Gasteiger partial charge >= 0.3 is 0 Å². The van der Waals surface area contributed by atoms with Gasteiger partial charge in [0.05, 0.1) is 6.54 Å². The lowest BCUT2D eigenvalue weighted by atomic mass is 9.95. The predicted octanol–water partition coefficient (Wildman–Crippen LogP) is 4.64. The first-order valence-electron chi connectivity index (χ1n) is 12.5. The summed E-state index contributed by atoms with van der Waals surface area (Å²) in [6.45, 7) is 6.29. The Hall–Kier alpha value is -2.82. The van der Waals surface area contributed by atoms with Crippen LogP contribution in [0.2, 0.25) is 0 Å². The van der Waals surface area contributed by atoms with Gasteiger partial charge in [-0.1, -0.05) is 60.9 Å². The van der Waals surface area contributed by atoms with Gasteiger partial charge in [-0.05, 0) is 50.3 Å². The SMILES string of the molecule is Cc1ccc(N(CC(=O)N2CCC(C(=O)N3CCCCCC3)CC2)Cc2ccccc2)cc1. The highest BCUT2D eigenvalue weighted by Gasteiger charge is 2.31. The number of aryl methyl sites for hydroxylation is 1. The maximum absolute atomic E-state index is 13.3. The molecule has 176 valence electrons. The second-order valence-corrected chi connectivity index (χ2v) is 9.57. The number of rotatable bonds is 6. The Morgan fingerprint density at radius 1 is 0.818 bits per heavy atom. The fourth-order valence-electron chi connectivity index (χ4n) is 4.99. The molecule has 4 rings (SSSR count). The summed E-state index contributed by atoms with van der Waals surface area (Å²) >= 11 is 0. The van der Waals surface area contributed by atoms with E-state index in [0.29, 0.717) is 32.1 Å². The van der Waals surface area contributed by atoms with Gasteiger partial charge in [-0.2, -0.15) is 0 Å². The zero-order chi connectivity index (χ0) is 23.0. The number of likely N-dealkylation sites (tertiary alicyclic amines) is 2. The highest BCUT2D eigenvalue weighted by Crippen LogP contribution is 2.23. The van der Waals surface area contributed by atoms with Crippen molar-refractivity contribution in [1.29, 1.82) is 0 Å². The second-order valence-electron chi connectivity index (χ2n) is 9.57. The van der Waals surface area contributed by atoms with E-state index in [4.69, 9.17) is 0 Å². The van der Waals surface area contributed by atoms with Crippen LogP contribution in [-0.2, 0) is 16.1 Å². The highest BCUT2D eigenvalue weighted by molar-refractivity contribution is 5.83. The van der Waals surface area contributed by atoms with E-state index in [2.05, 4.69) is 53.1 Å². The Bertz CT molecular complexity index is 896. The van der Waals surface area contributed by atoms with Crippen LogP contribution in [0.5, 0.6) is 0 Å². The number of amides is 2. The molecule has 2 amide bonds. The molecule has 0 aromatic heterocycles. The molecule has 5 heteroatoms. The molecule has 2 aromatic rings. The monoisotopic (exact) mass is 447 g/mol. The average molecular weight is 448 g/mol. The van der Waals surface area contributed by atoms with E-state index in [1.807, 2.05) is 23.1 Å². The van der Waals surface area contributed by atoms with Crippen molar-refractivity contribution in [3.8, 4) is 0 Å². The van der Waals surface area contributed by atoms with Crippen molar-refractivity contribution in [3.63, 3.8) is 0 Å². The van der Waals surface area contributed by atoms with Crippen molar-refractivity contribution < 1.29 is 9.59 Å².